The average molecular weight is 552 g/mol. The number of aryl methyl sites for hydroxylation is 1. The van der Waals surface area contributed by atoms with Gasteiger partial charge in [0.2, 0.25) is 0 Å². The number of pyridine rings is 1. The Kier molecular flexibility index (Phi) is 8.00. The standard InChI is InChI=1S/C28H26ClN3O3S2/c1-18-6-9-20(10-7-18)37-25-13-12-24(35-25)27-26(22-5-3-4-14-30-22)31-28(36)32(27)19-8-11-23(21(29)17-19)34-16-15-33-2/h3-14,17,26-27H,15-16H2,1-2H3,(H,31,36)/t26-,27-/m0/s1. The number of nitrogens with zero attached hydrogens (tertiary/aromatic N) is 2. The normalized spacial score (nSPS) is 17.2. The molecule has 9 heteroatoms. The Hall–Kier alpha value is -3.04. The topological polar surface area (TPSA) is 59.8 Å². The molecule has 37 heavy (non-hydrogen) atoms. The van der Waals surface area contributed by atoms with Crippen LogP contribution in [0.25, 0.3) is 0 Å². The van der Waals surface area contributed by atoms with Crippen molar-refractivity contribution in [3.8, 4) is 5.75 Å². The molecular formula is C28H26ClN3O3S2. The highest BCUT2D eigenvalue weighted by Gasteiger charge is 2.42. The van der Waals surface area contributed by atoms with Gasteiger partial charge in [-0.05, 0) is 73.7 Å². The number of rotatable bonds is 9. The van der Waals surface area contributed by atoms with Crippen LogP contribution in [-0.4, -0.2) is 30.4 Å². The van der Waals surface area contributed by atoms with Crippen LogP contribution in [0.4, 0.5) is 5.69 Å². The predicted octanol–water partition coefficient (Wildman–Crippen LogP) is 6.99. The van der Waals surface area contributed by atoms with Gasteiger partial charge >= 0.3 is 0 Å². The van der Waals surface area contributed by atoms with E-state index < -0.39 is 0 Å². The van der Waals surface area contributed by atoms with E-state index in [1.165, 1.54) is 5.56 Å². The van der Waals surface area contributed by atoms with E-state index in [0.717, 1.165) is 27.1 Å². The van der Waals surface area contributed by atoms with Gasteiger partial charge in [-0.15, -0.1) is 0 Å². The summed E-state index contributed by atoms with van der Waals surface area (Å²) in [6, 6.07) is 23.4. The largest absolute Gasteiger partial charge is 0.490 e. The second kappa shape index (κ2) is 11.6. The summed E-state index contributed by atoms with van der Waals surface area (Å²) in [6.45, 7) is 2.97. The van der Waals surface area contributed by atoms with Crippen molar-refractivity contribution in [3.63, 3.8) is 0 Å². The van der Waals surface area contributed by atoms with Crippen molar-refractivity contribution in [2.75, 3.05) is 25.2 Å². The van der Waals surface area contributed by atoms with E-state index >= 15 is 0 Å². The maximum absolute atomic E-state index is 6.59. The fraction of sp³-hybridized carbons (Fsp3) is 0.214. The molecule has 0 radical (unpaired) electrons. The summed E-state index contributed by atoms with van der Waals surface area (Å²) < 4.78 is 17.2. The van der Waals surface area contributed by atoms with Gasteiger partial charge in [0.1, 0.15) is 24.2 Å². The van der Waals surface area contributed by atoms with Crippen LogP contribution in [-0.2, 0) is 4.74 Å². The van der Waals surface area contributed by atoms with Crippen LogP contribution in [0, 0.1) is 6.92 Å². The Labute approximate surface area is 230 Å². The van der Waals surface area contributed by atoms with E-state index in [4.69, 9.17) is 37.7 Å². The van der Waals surface area contributed by atoms with Crippen LogP contribution in [0.5, 0.6) is 5.75 Å². The van der Waals surface area contributed by atoms with E-state index in [1.54, 1.807) is 25.1 Å². The van der Waals surface area contributed by atoms with Gasteiger partial charge in [0.05, 0.1) is 23.4 Å². The summed E-state index contributed by atoms with van der Waals surface area (Å²) >= 11 is 14.0. The molecule has 0 saturated carbocycles. The molecule has 5 rings (SSSR count). The maximum atomic E-state index is 6.59. The van der Waals surface area contributed by atoms with Crippen molar-refractivity contribution in [2.45, 2.75) is 29.0 Å². The smallest absolute Gasteiger partial charge is 0.174 e. The number of methoxy groups -OCH3 is 1. The first kappa shape index (κ1) is 25.6. The van der Waals surface area contributed by atoms with E-state index in [2.05, 4.69) is 41.5 Å². The number of anilines is 1. The summed E-state index contributed by atoms with van der Waals surface area (Å²) in [4.78, 5) is 7.74. The monoisotopic (exact) mass is 551 g/mol. The average Bonchev–Trinajstić information content (AvgIpc) is 3.51. The van der Waals surface area contributed by atoms with Gasteiger partial charge in [-0.3, -0.25) is 4.98 Å². The molecule has 6 nitrogen and oxygen atoms in total. The van der Waals surface area contributed by atoms with E-state index in [0.29, 0.717) is 29.1 Å². The summed E-state index contributed by atoms with van der Waals surface area (Å²) in [5.74, 6) is 1.36. The molecular weight excluding hydrogens is 526 g/mol. The van der Waals surface area contributed by atoms with Gasteiger partial charge in [0.25, 0.3) is 0 Å². The second-order valence-corrected chi connectivity index (χ2v) is 10.4. The Bertz CT molecular complexity index is 1360. The number of furan rings is 1. The minimum atomic E-state index is -0.272. The highest BCUT2D eigenvalue weighted by Crippen LogP contribution is 2.44. The van der Waals surface area contributed by atoms with Crippen LogP contribution >= 0.6 is 35.6 Å². The lowest BCUT2D eigenvalue weighted by molar-refractivity contribution is 0.146. The first-order chi connectivity index (χ1) is 18.0. The SMILES string of the molecule is COCCOc1ccc(N2C(=S)N[C@@H](c3ccccn3)[C@@H]2c2ccc(Sc3ccc(C)cc3)o2)cc1Cl. The summed E-state index contributed by atoms with van der Waals surface area (Å²) in [7, 11) is 1.63. The Balaban J connectivity index is 1.48. The number of hydrogen-bond donors (Lipinski definition) is 1. The zero-order valence-electron chi connectivity index (χ0n) is 20.4. The predicted molar refractivity (Wildman–Crippen MR) is 151 cm³/mol. The van der Waals surface area contributed by atoms with Crippen LogP contribution in [0.15, 0.2) is 93.4 Å². The molecule has 1 saturated heterocycles. The molecule has 190 valence electrons. The van der Waals surface area contributed by atoms with Crippen molar-refractivity contribution in [1.82, 2.24) is 10.3 Å². The molecule has 1 fully saturated rings. The Morgan fingerprint density at radius 1 is 1.08 bits per heavy atom. The maximum Gasteiger partial charge on any atom is 0.174 e. The van der Waals surface area contributed by atoms with Gasteiger partial charge in [0.15, 0.2) is 10.2 Å². The zero-order valence-corrected chi connectivity index (χ0v) is 22.8. The van der Waals surface area contributed by atoms with Gasteiger partial charge in [-0.1, -0.05) is 47.1 Å². The van der Waals surface area contributed by atoms with Crippen molar-refractivity contribution in [2.24, 2.45) is 0 Å². The highest BCUT2D eigenvalue weighted by atomic mass is 35.5. The minimum absolute atomic E-state index is 0.214. The number of thiocarbonyl (C=S) groups is 1. The van der Waals surface area contributed by atoms with E-state index in [9.17, 15) is 0 Å². The molecule has 2 atom stereocenters. The molecule has 0 unspecified atom stereocenters. The van der Waals surface area contributed by atoms with Crippen molar-refractivity contribution in [1.29, 1.82) is 0 Å². The van der Waals surface area contributed by atoms with Crippen LogP contribution in [0.1, 0.15) is 29.1 Å². The number of benzene rings is 2. The number of hydrogen-bond acceptors (Lipinski definition) is 6. The second-order valence-electron chi connectivity index (χ2n) is 8.52. The molecule has 0 bridgehead atoms. The molecule has 1 N–H and O–H groups in total. The first-order valence-electron chi connectivity index (χ1n) is 11.8. The molecule has 0 aliphatic carbocycles. The lowest BCUT2D eigenvalue weighted by Crippen LogP contribution is -2.29. The zero-order chi connectivity index (χ0) is 25.8. The van der Waals surface area contributed by atoms with E-state index in [1.807, 2.05) is 53.4 Å². The molecule has 4 aromatic rings. The van der Waals surface area contributed by atoms with Gasteiger partial charge in [-0.25, -0.2) is 0 Å². The Morgan fingerprint density at radius 3 is 2.65 bits per heavy atom. The highest BCUT2D eigenvalue weighted by molar-refractivity contribution is 7.99. The molecule has 1 aliphatic rings. The summed E-state index contributed by atoms with van der Waals surface area (Å²) in [5, 5.41) is 5.30. The molecule has 0 amide bonds. The third kappa shape index (κ3) is 5.78. The number of nitrogens with one attached hydrogen (secondary N) is 1. The summed E-state index contributed by atoms with van der Waals surface area (Å²) in [6.07, 6.45) is 1.78. The van der Waals surface area contributed by atoms with Crippen LogP contribution in [0.3, 0.4) is 0 Å². The Morgan fingerprint density at radius 2 is 1.92 bits per heavy atom. The lowest BCUT2D eigenvalue weighted by atomic mass is 10.0. The molecule has 0 spiro atoms. The van der Waals surface area contributed by atoms with Crippen molar-refractivity contribution >= 4 is 46.4 Å². The number of halogens is 1. The summed E-state index contributed by atoms with van der Waals surface area (Å²) in [5.41, 5.74) is 2.92. The molecule has 2 aromatic heterocycles. The fourth-order valence-electron chi connectivity index (χ4n) is 4.18. The third-order valence-corrected chi connectivity index (χ3v) is 7.51. The van der Waals surface area contributed by atoms with Gasteiger partial charge in [-0.2, -0.15) is 0 Å². The first-order valence-corrected chi connectivity index (χ1v) is 13.4. The molecule has 1 aliphatic heterocycles. The fourth-order valence-corrected chi connectivity index (χ4v) is 5.54. The van der Waals surface area contributed by atoms with Crippen molar-refractivity contribution in [3.05, 3.63) is 101 Å². The minimum Gasteiger partial charge on any atom is -0.490 e. The van der Waals surface area contributed by atoms with E-state index in [-0.39, 0.29) is 12.1 Å². The van der Waals surface area contributed by atoms with Crippen molar-refractivity contribution < 1.29 is 13.9 Å². The van der Waals surface area contributed by atoms with Crippen LogP contribution in [0.2, 0.25) is 5.02 Å². The third-order valence-electron chi connectivity index (χ3n) is 5.97. The number of aromatic nitrogens is 1. The quantitative estimate of drug-likeness (QED) is 0.176. The van der Waals surface area contributed by atoms with Crippen LogP contribution < -0.4 is 15.0 Å². The molecule has 2 aromatic carbocycles. The molecule has 3 heterocycles. The van der Waals surface area contributed by atoms with Gasteiger partial charge < -0.3 is 24.1 Å². The lowest BCUT2D eigenvalue weighted by Gasteiger charge is -2.26. The number of ether oxygens (including phenoxy) is 2. The van der Waals surface area contributed by atoms with Gasteiger partial charge in [0, 0.05) is 23.9 Å².